The lowest BCUT2D eigenvalue weighted by Crippen LogP contribution is -1.95. The molecule has 2 rings (SSSR count). The average molecular weight is 274 g/mol. The predicted octanol–water partition coefficient (Wildman–Crippen LogP) is 3.78. The second-order valence-electron chi connectivity index (χ2n) is 4.26. The molecule has 0 aliphatic heterocycles. The molecule has 106 valence electrons. The molecule has 1 aromatic carbocycles. The van der Waals surface area contributed by atoms with Crippen LogP contribution in [-0.4, -0.2) is 21.3 Å². The van der Waals surface area contributed by atoms with Crippen LogP contribution >= 0.6 is 0 Å². The maximum absolute atomic E-state index is 5.37. The first kappa shape index (κ1) is 14.1. The van der Waals surface area contributed by atoms with Crippen LogP contribution in [0, 0.1) is 6.92 Å². The lowest BCUT2D eigenvalue weighted by atomic mass is 10.1. The fourth-order valence-electron chi connectivity index (χ4n) is 1.92. The quantitative estimate of drug-likeness (QED) is 0.832. The molecule has 0 amide bonds. The summed E-state index contributed by atoms with van der Waals surface area (Å²) in [5.41, 5.74) is 2.03. The number of ether oxygens (including phenoxy) is 3. The molecule has 20 heavy (non-hydrogen) atoms. The second kappa shape index (κ2) is 6.19. The van der Waals surface area contributed by atoms with Gasteiger partial charge in [-0.1, -0.05) is 6.08 Å². The van der Waals surface area contributed by atoms with Crippen molar-refractivity contribution in [3.05, 3.63) is 41.3 Å². The van der Waals surface area contributed by atoms with Gasteiger partial charge in [0.2, 0.25) is 5.75 Å². The van der Waals surface area contributed by atoms with Crippen LogP contribution in [0.4, 0.5) is 0 Å². The largest absolute Gasteiger partial charge is 0.493 e. The molecule has 2 aromatic rings. The Bertz CT molecular complexity index is 586. The molecular formula is C16H18O4. The van der Waals surface area contributed by atoms with Gasteiger partial charge in [-0.2, -0.15) is 0 Å². The van der Waals surface area contributed by atoms with E-state index in [1.165, 1.54) is 0 Å². The Balaban J connectivity index is 2.37. The van der Waals surface area contributed by atoms with Gasteiger partial charge in [0.05, 0.1) is 27.6 Å². The van der Waals surface area contributed by atoms with Gasteiger partial charge in [-0.25, -0.2) is 0 Å². The van der Waals surface area contributed by atoms with E-state index < -0.39 is 0 Å². The molecule has 0 saturated carbocycles. The Morgan fingerprint density at radius 1 is 0.950 bits per heavy atom. The Kier molecular flexibility index (Phi) is 4.35. The summed E-state index contributed by atoms with van der Waals surface area (Å²) in [6, 6.07) is 5.70. The third kappa shape index (κ3) is 2.79. The lowest BCUT2D eigenvalue weighted by molar-refractivity contribution is 0.324. The summed E-state index contributed by atoms with van der Waals surface area (Å²) in [6.45, 7) is 2.00. The summed E-state index contributed by atoms with van der Waals surface area (Å²) in [5, 5.41) is 0. The number of benzene rings is 1. The van der Waals surface area contributed by atoms with Crippen LogP contribution in [0.2, 0.25) is 0 Å². The summed E-state index contributed by atoms with van der Waals surface area (Å²) in [6.07, 6.45) is 5.52. The molecule has 0 aliphatic rings. The Morgan fingerprint density at radius 2 is 1.60 bits per heavy atom. The SMILES string of the molecule is COc1cc(/C=C/c2occc2C)cc(OC)c1OC. The minimum Gasteiger partial charge on any atom is -0.493 e. The predicted molar refractivity (Wildman–Crippen MR) is 78.5 cm³/mol. The van der Waals surface area contributed by atoms with E-state index in [1.54, 1.807) is 27.6 Å². The third-order valence-corrected chi connectivity index (χ3v) is 3.02. The van der Waals surface area contributed by atoms with Gasteiger partial charge in [0.25, 0.3) is 0 Å². The minimum absolute atomic E-state index is 0.585. The van der Waals surface area contributed by atoms with Gasteiger partial charge in [-0.3, -0.25) is 0 Å². The van der Waals surface area contributed by atoms with E-state index in [4.69, 9.17) is 18.6 Å². The Hall–Kier alpha value is -2.36. The molecule has 0 aliphatic carbocycles. The van der Waals surface area contributed by atoms with Crippen LogP contribution in [-0.2, 0) is 0 Å². The summed E-state index contributed by atoms with van der Waals surface area (Å²) in [4.78, 5) is 0. The van der Waals surface area contributed by atoms with Gasteiger partial charge in [0.15, 0.2) is 11.5 Å². The van der Waals surface area contributed by atoms with Crippen LogP contribution in [0.1, 0.15) is 16.9 Å². The van der Waals surface area contributed by atoms with Gasteiger partial charge in [0, 0.05) is 0 Å². The highest BCUT2D eigenvalue weighted by Gasteiger charge is 2.12. The van der Waals surface area contributed by atoms with E-state index >= 15 is 0 Å². The minimum atomic E-state index is 0.585. The number of furan rings is 1. The topological polar surface area (TPSA) is 40.8 Å². The molecule has 1 heterocycles. The van der Waals surface area contributed by atoms with Crippen LogP contribution in [0.15, 0.2) is 28.9 Å². The van der Waals surface area contributed by atoms with E-state index in [0.29, 0.717) is 17.2 Å². The zero-order chi connectivity index (χ0) is 14.5. The number of methoxy groups -OCH3 is 3. The number of hydrogen-bond donors (Lipinski definition) is 0. The van der Waals surface area contributed by atoms with Gasteiger partial charge >= 0.3 is 0 Å². The molecule has 0 radical (unpaired) electrons. The highest BCUT2D eigenvalue weighted by molar-refractivity contribution is 5.72. The molecule has 0 spiro atoms. The summed E-state index contributed by atoms with van der Waals surface area (Å²) in [5.74, 6) is 2.67. The van der Waals surface area contributed by atoms with E-state index in [0.717, 1.165) is 16.9 Å². The first-order valence-electron chi connectivity index (χ1n) is 6.21. The highest BCUT2D eigenvalue weighted by atomic mass is 16.5. The van der Waals surface area contributed by atoms with Crippen molar-refractivity contribution in [2.24, 2.45) is 0 Å². The van der Waals surface area contributed by atoms with E-state index in [1.807, 2.05) is 37.3 Å². The van der Waals surface area contributed by atoms with Crippen molar-refractivity contribution in [3.63, 3.8) is 0 Å². The number of aryl methyl sites for hydroxylation is 1. The van der Waals surface area contributed by atoms with Crippen LogP contribution in [0.25, 0.3) is 12.2 Å². The monoisotopic (exact) mass is 274 g/mol. The second-order valence-corrected chi connectivity index (χ2v) is 4.26. The van der Waals surface area contributed by atoms with E-state index in [2.05, 4.69) is 0 Å². The standard InChI is InChI=1S/C16H18O4/c1-11-7-8-20-13(11)6-5-12-9-14(17-2)16(19-4)15(10-12)18-3/h5-10H,1-4H3/b6-5+. The Labute approximate surface area is 118 Å². The van der Waals surface area contributed by atoms with Crippen molar-refractivity contribution in [1.29, 1.82) is 0 Å². The van der Waals surface area contributed by atoms with Crippen LogP contribution in [0.3, 0.4) is 0 Å². The fourth-order valence-corrected chi connectivity index (χ4v) is 1.92. The number of hydrogen-bond acceptors (Lipinski definition) is 4. The van der Waals surface area contributed by atoms with Gasteiger partial charge in [-0.15, -0.1) is 0 Å². The molecule has 4 heteroatoms. The zero-order valence-electron chi connectivity index (χ0n) is 12.1. The van der Waals surface area contributed by atoms with E-state index in [9.17, 15) is 0 Å². The fraction of sp³-hybridized carbons (Fsp3) is 0.250. The Morgan fingerprint density at radius 3 is 2.05 bits per heavy atom. The normalized spacial score (nSPS) is 10.8. The smallest absolute Gasteiger partial charge is 0.203 e. The molecule has 0 bridgehead atoms. The van der Waals surface area contributed by atoms with Crippen LogP contribution in [0.5, 0.6) is 17.2 Å². The van der Waals surface area contributed by atoms with Crippen molar-refractivity contribution in [1.82, 2.24) is 0 Å². The van der Waals surface area contributed by atoms with Crippen LogP contribution < -0.4 is 14.2 Å². The highest BCUT2D eigenvalue weighted by Crippen LogP contribution is 2.38. The zero-order valence-corrected chi connectivity index (χ0v) is 12.1. The molecule has 0 atom stereocenters. The molecule has 4 nitrogen and oxygen atoms in total. The average Bonchev–Trinajstić information content (AvgIpc) is 2.89. The van der Waals surface area contributed by atoms with Crippen molar-refractivity contribution in [2.45, 2.75) is 6.92 Å². The van der Waals surface area contributed by atoms with Crippen molar-refractivity contribution < 1.29 is 18.6 Å². The molecule has 0 fully saturated rings. The van der Waals surface area contributed by atoms with Gasteiger partial charge in [-0.05, 0) is 42.3 Å². The van der Waals surface area contributed by atoms with Crippen molar-refractivity contribution in [3.8, 4) is 17.2 Å². The first-order valence-corrected chi connectivity index (χ1v) is 6.21. The summed E-state index contributed by atoms with van der Waals surface area (Å²) < 4.78 is 21.3. The molecule has 0 unspecified atom stereocenters. The van der Waals surface area contributed by atoms with Gasteiger partial charge in [0.1, 0.15) is 5.76 Å². The molecular weight excluding hydrogens is 256 g/mol. The maximum Gasteiger partial charge on any atom is 0.203 e. The molecule has 1 aromatic heterocycles. The summed E-state index contributed by atoms with van der Waals surface area (Å²) in [7, 11) is 4.78. The third-order valence-electron chi connectivity index (χ3n) is 3.02. The number of rotatable bonds is 5. The first-order chi connectivity index (χ1) is 9.69. The summed E-state index contributed by atoms with van der Waals surface area (Å²) >= 11 is 0. The van der Waals surface area contributed by atoms with Crippen molar-refractivity contribution >= 4 is 12.2 Å². The van der Waals surface area contributed by atoms with E-state index in [-0.39, 0.29) is 0 Å². The lowest BCUT2D eigenvalue weighted by Gasteiger charge is -2.12. The molecule has 0 N–H and O–H groups in total. The maximum atomic E-state index is 5.37. The van der Waals surface area contributed by atoms with Crippen molar-refractivity contribution in [2.75, 3.05) is 21.3 Å². The molecule has 0 saturated heterocycles. The van der Waals surface area contributed by atoms with Gasteiger partial charge < -0.3 is 18.6 Å².